The molecular weight excluding hydrogens is 424 g/mol. The highest BCUT2D eigenvalue weighted by molar-refractivity contribution is 6.70. The van der Waals surface area contributed by atoms with Crippen molar-refractivity contribution in [3.63, 3.8) is 0 Å². The van der Waals surface area contributed by atoms with E-state index in [1.165, 1.54) is 0 Å². The highest BCUT2D eigenvalue weighted by Crippen LogP contribution is 2.31. The molecule has 1 heterocycles. The summed E-state index contributed by atoms with van der Waals surface area (Å²) in [6, 6.07) is 11.5. The van der Waals surface area contributed by atoms with E-state index in [2.05, 4.69) is 0 Å². The fourth-order valence-corrected chi connectivity index (χ4v) is 4.36. The number of hydrogen-bond donors (Lipinski definition) is 0. The predicted octanol–water partition coefficient (Wildman–Crippen LogP) is -5.94. The van der Waals surface area contributed by atoms with E-state index in [0.717, 1.165) is 10.8 Å². The van der Waals surface area contributed by atoms with Crippen LogP contribution in [0.25, 0.3) is 44.3 Å². The Morgan fingerprint density at radius 1 is 0.417 bits per heavy atom. The number of hydrogen-bond acceptors (Lipinski definition) is 2. The molecule has 20 radical (unpaired) electrons. The third-order valence-corrected chi connectivity index (χ3v) is 6.45. The lowest BCUT2D eigenvalue weighted by molar-refractivity contribution is 1.25. The molecule has 5 rings (SSSR count). The lowest BCUT2D eigenvalue weighted by atomic mass is 9.60. The first kappa shape index (κ1) is 24.8. The summed E-state index contributed by atoms with van der Waals surface area (Å²) < 4.78 is 0. The minimum atomic E-state index is 0.0693. The molecule has 0 aliphatic heterocycles. The second kappa shape index (κ2) is 8.91. The van der Waals surface area contributed by atoms with Crippen LogP contribution in [0.15, 0.2) is 36.4 Å². The number of rotatable bonds is 2. The van der Waals surface area contributed by atoms with Gasteiger partial charge in [0.2, 0.25) is 0 Å². The largest absolute Gasteiger partial charge is 0.227 e. The van der Waals surface area contributed by atoms with E-state index < -0.39 is 0 Å². The highest BCUT2D eigenvalue weighted by atomic mass is 14.9. The molecule has 0 N–H and O–H groups in total. The summed E-state index contributed by atoms with van der Waals surface area (Å²) in [5.74, 6) is 0.134. The molecule has 0 atom stereocenters. The maximum absolute atomic E-state index is 6.40. The van der Waals surface area contributed by atoms with Crippen molar-refractivity contribution in [1.29, 1.82) is 0 Å². The Hall–Kier alpha value is -2.87. The molecule has 0 saturated carbocycles. The summed E-state index contributed by atoms with van der Waals surface area (Å²) in [6.07, 6.45) is 0. The Labute approximate surface area is 223 Å². The van der Waals surface area contributed by atoms with Crippen LogP contribution in [-0.2, 0) is 0 Å². The summed E-state index contributed by atoms with van der Waals surface area (Å²) >= 11 is 0. The molecule has 5 aromatic rings. The van der Waals surface area contributed by atoms with Crippen LogP contribution < -0.4 is 54.6 Å². The number of fused-ring (bicyclic) bond motifs is 3. The Bertz CT molecular complexity index is 1690. The molecule has 0 unspecified atom stereocenters. The molecule has 12 heteroatoms. The minimum absolute atomic E-state index is 0.0693. The molecule has 142 valence electrons. The number of aromatic nitrogens is 2. The molecular formula is C24H6B10N2. The lowest BCUT2D eigenvalue weighted by Crippen LogP contribution is -2.55. The third-order valence-electron chi connectivity index (χ3n) is 6.45. The van der Waals surface area contributed by atoms with Crippen LogP contribution in [0.3, 0.4) is 0 Å². The van der Waals surface area contributed by atoms with Crippen LogP contribution in [0.2, 0.25) is 0 Å². The average molecular weight is 430 g/mol. The molecule has 36 heavy (non-hydrogen) atoms. The molecule has 1 aromatic heterocycles. The Morgan fingerprint density at radius 2 is 0.889 bits per heavy atom. The third kappa shape index (κ3) is 3.56. The highest BCUT2D eigenvalue weighted by Gasteiger charge is 2.21. The molecule has 2 nitrogen and oxygen atoms in total. The molecule has 0 bridgehead atoms. The van der Waals surface area contributed by atoms with Crippen molar-refractivity contribution >= 4 is 155 Å². The molecule has 0 aliphatic rings. The zero-order valence-corrected chi connectivity index (χ0v) is 19.1. The summed E-state index contributed by atoms with van der Waals surface area (Å²) in [6.45, 7) is 0. The van der Waals surface area contributed by atoms with Gasteiger partial charge in [-0.15, -0.1) is 32.8 Å². The van der Waals surface area contributed by atoms with E-state index in [1.807, 2.05) is 36.4 Å². The van der Waals surface area contributed by atoms with Gasteiger partial charge in [-0.3, -0.25) is 0 Å². The van der Waals surface area contributed by atoms with Gasteiger partial charge in [0, 0.05) is 16.3 Å². The van der Waals surface area contributed by atoms with Crippen molar-refractivity contribution in [3.05, 3.63) is 36.4 Å². The molecule has 0 saturated heterocycles. The van der Waals surface area contributed by atoms with Crippen LogP contribution >= 0.6 is 0 Å². The normalized spacial score (nSPS) is 11.3. The van der Waals surface area contributed by atoms with Crippen molar-refractivity contribution in [1.82, 2.24) is 9.97 Å². The zero-order chi connectivity index (χ0) is 26.0. The van der Waals surface area contributed by atoms with Gasteiger partial charge in [0.05, 0.1) is 11.2 Å². The van der Waals surface area contributed by atoms with E-state index in [0.29, 0.717) is 22.2 Å². The van der Waals surface area contributed by atoms with Gasteiger partial charge in [-0.2, -0.15) is 0 Å². The molecule has 4 aromatic carbocycles. The van der Waals surface area contributed by atoms with E-state index in [-0.39, 0.29) is 66.0 Å². The summed E-state index contributed by atoms with van der Waals surface area (Å²) in [7, 11) is 62.0. The van der Waals surface area contributed by atoms with Crippen LogP contribution in [0.1, 0.15) is 0 Å². The second-order valence-electron chi connectivity index (χ2n) is 8.47. The number of benzene rings is 4. The van der Waals surface area contributed by atoms with Crippen LogP contribution in [0.4, 0.5) is 0 Å². The predicted molar refractivity (Wildman–Crippen MR) is 162 cm³/mol. The fraction of sp³-hybridized carbons (Fsp3) is 0. The van der Waals surface area contributed by atoms with Gasteiger partial charge >= 0.3 is 0 Å². The van der Waals surface area contributed by atoms with Crippen molar-refractivity contribution in [2.24, 2.45) is 0 Å². The maximum Gasteiger partial charge on any atom is 0.159 e. The zero-order valence-electron chi connectivity index (χ0n) is 19.1. The van der Waals surface area contributed by atoms with Crippen molar-refractivity contribution < 1.29 is 0 Å². The van der Waals surface area contributed by atoms with E-state index in [4.69, 9.17) is 88.4 Å². The summed E-state index contributed by atoms with van der Waals surface area (Å²) in [5.41, 5.74) is 2.35. The first-order valence-electron chi connectivity index (χ1n) is 10.8. The van der Waals surface area contributed by atoms with E-state index in [9.17, 15) is 0 Å². The van der Waals surface area contributed by atoms with Crippen LogP contribution in [0, 0.1) is 0 Å². The summed E-state index contributed by atoms with van der Waals surface area (Å²) in [5, 5.41) is 2.41. The van der Waals surface area contributed by atoms with Crippen molar-refractivity contribution in [3.8, 4) is 22.6 Å². The van der Waals surface area contributed by atoms with Crippen LogP contribution in [0.5, 0.6) is 0 Å². The topological polar surface area (TPSA) is 25.8 Å². The molecule has 0 aliphatic carbocycles. The van der Waals surface area contributed by atoms with Gasteiger partial charge in [0.1, 0.15) is 78.5 Å². The second-order valence-corrected chi connectivity index (χ2v) is 8.47. The Morgan fingerprint density at radius 3 is 1.44 bits per heavy atom. The molecule has 0 fully saturated rings. The first-order chi connectivity index (χ1) is 17.0. The van der Waals surface area contributed by atoms with Gasteiger partial charge in [0.15, 0.2) is 5.82 Å². The standard InChI is InChI=1S/C24H6B10N2/c25-12-10(13(26)17(30)20(33)16(12)29)23-9-6-5-7-3-1-2-4-8(7)22(9)35-24(36-23)11-14(27)18(31)21(34)19(32)15(11)28/h1-6H. The fourth-order valence-electron chi connectivity index (χ4n) is 4.36. The van der Waals surface area contributed by atoms with Gasteiger partial charge in [-0.05, 0) is 17.0 Å². The maximum atomic E-state index is 6.40. The Balaban J connectivity index is 2.01. The van der Waals surface area contributed by atoms with Crippen molar-refractivity contribution in [2.75, 3.05) is 0 Å². The van der Waals surface area contributed by atoms with Crippen LogP contribution in [-0.4, -0.2) is 88.4 Å². The number of nitrogens with zero attached hydrogens (tertiary/aromatic N) is 2. The van der Waals surface area contributed by atoms with E-state index >= 15 is 0 Å². The Kier molecular flexibility index (Phi) is 6.14. The summed E-state index contributed by atoms with van der Waals surface area (Å²) in [4.78, 5) is 9.60. The van der Waals surface area contributed by atoms with Gasteiger partial charge in [-0.1, -0.05) is 52.2 Å². The average Bonchev–Trinajstić information content (AvgIpc) is 2.88. The van der Waals surface area contributed by atoms with Crippen molar-refractivity contribution in [2.45, 2.75) is 0 Å². The smallest absolute Gasteiger partial charge is 0.159 e. The minimum Gasteiger partial charge on any atom is -0.227 e. The van der Waals surface area contributed by atoms with Gasteiger partial charge in [-0.25, -0.2) is 9.97 Å². The van der Waals surface area contributed by atoms with E-state index in [1.54, 1.807) is 0 Å². The SMILES string of the molecule is [B]c1c([B])c([B])c(-c2nc(-c3c([B])c([B])c([B])c([B])c3[B])c3ccc4ccccc4c3n2)c([B])c1[B]. The van der Waals surface area contributed by atoms with Gasteiger partial charge < -0.3 is 0 Å². The molecule has 0 amide bonds. The van der Waals surface area contributed by atoms with Gasteiger partial charge in [0.25, 0.3) is 0 Å². The molecule has 0 spiro atoms. The quantitative estimate of drug-likeness (QED) is 0.206. The lowest BCUT2D eigenvalue weighted by Gasteiger charge is -2.24. The first-order valence-corrected chi connectivity index (χ1v) is 10.8. The monoisotopic (exact) mass is 432 g/mol.